The van der Waals surface area contributed by atoms with E-state index in [0.29, 0.717) is 22.9 Å². The minimum Gasteiger partial charge on any atom is -0.383 e. The van der Waals surface area contributed by atoms with Gasteiger partial charge in [0.05, 0.1) is 11.3 Å². The Morgan fingerprint density at radius 1 is 1.24 bits per heavy atom. The van der Waals surface area contributed by atoms with Gasteiger partial charge in [0.15, 0.2) is 0 Å². The van der Waals surface area contributed by atoms with Gasteiger partial charge in [-0.2, -0.15) is 0 Å². The highest BCUT2D eigenvalue weighted by molar-refractivity contribution is 7.79. The lowest BCUT2D eigenvalue weighted by Gasteiger charge is -2.08. The number of thiocarbonyl (C=S) groups is 1. The van der Waals surface area contributed by atoms with Gasteiger partial charge in [-0.15, -0.1) is 0 Å². The van der Waals surface area contributed by atoms with Crippen molar-refractivity contribution in [3.05, 3.63) is 41.5 Å². The van der Waals surface area contributed by atoms with Crippen molar-refractivity contribution in [2.75, 3.05) is 5.73 Å². The van der Waals surface area contributed by atoms with Crippen LogP contribution >= 0.6 is 12.2 Å². The molecule has 0 spiro atoms. The van der Waals surface area contributed by atoms with E-state index in [9.17, 15) is 4.39 Å². The number of nitrogen functional groups attached to an aromatic ring is 1. The normalized spacial score (nSPS) is 10.2. The molecule has 2 aromatic rings. The van der Waals surface area contributed by atoms with Gasteiger partial charge >= 0.3 is 0 Å². The van der Waals surface area contributed by atoms with Gasteiger partial charge in [0.1, 0.15) is 17.5 Å². The summed E-state index contributed by atoms with van der Waals surface area (Å²) < 4.78 is 12.9. The molecule has 2 rings (SSSR count). The van der Waals surface area contributed by atoms with Gasteiger partial charge in [-0.1, -0.05) is 12.2 Å². The summed E-state index contributed by atoms with van der Waals surface area (Å²) in [5.41, 5.74) is 7.76. The number of anilines is 1. The highest BCUT2D eigenvalue weighted by Gasteiger charge is 2.10. The summed E-state index contributed by atoms with van der Waals surface area (Å²) in [6.07, 6.45) is 0. The van der Waals surface area contributed by atoms with E-state index >= 15 is 0 Å². The molecule has 0 aliphatic rings. The van der Waals surface area contributed by atoms with Crippen molar-refractivity contribution < 1.29 is 4.39 Å². The molecule has 5 heteroatoms. The fourth-order valence-electron chi connectivity index (χ4n) is 1.55. The molecular weight excluding hydrogens is 237 g/mol. The van der Waals surface area contributed by atoms with Crippen molar-refractivity contribution in [2.45, 2.75) is 6.92 Å². The Morgan fingerprint density at radius 2 is 1.88 bits per heavy atom. The number of nitrogens with zero attached hydrogens (tertiary/aromatic N) is 2. The van der Waals surface area contributed by atoms with E-state index < -0.39 is 0 Å². The lowest BCUT2D eigenvalue weighted by Crippen LogP contribution is -2.04. The summed E-state index contributed by atoms with van der Waals surface area (Å²) in [6, 6.07) is 6.02. The van der Waals surface area contributed by atoms with Crippen molar-refractivity contribution in [3.8, 4) is 11.3 Å². The maximum absolute atomic E-state index is 12.9. The minimum absolute atomic E-state index is 0.295. The Balaban J connectivity index is 2.65. The lowest BCUT2D eigenvalue weighted by molar-refractivity contribution is 0.628. The fourth-order valence-corrected chi connectivity index (χ4v) is 1.78. The maximum Gasteiger partial charge on any atom is 0.135 e. The molecule has 0 bridgehead atoms. The lowest BCUT2D eigenvalue weighted by atomic mass is 10.1. The standard InChI is InChI=1S/C12H10FN3S/c1-7-15-11(10(6-17)12(14)16-7)8-2-4-9(13)5-3-8/h2-6H,1H3,(H2,14,15,16). The zero-order valence-corrected chi connectivity index (χ0v) is 9.96. The summed E-state index contributed by atoms with van der Waals surface area (Å²) in [5, 5.41) is 1.44. The molecule has 17 heavy (non-hydrogen) atoms. The van der Waals surface area contributed by atoms with Crippen molar-refractivity contribution in [3.63, 3.8) is 0 Å². The smallest absolute Gasteiger partial charge is 0.135 e. The topological polar surface area (TPSA) is 51.8 Å². The van der Waals surface area contributed by atoms with Gasteiger partial charge in [0, 0.05) is 10.9 Å². The summed E-state index contributed by atoms with van der Waals surface area (Å²) in [5.74, 6) is 0.602. The largest absolute Gasteiger partial charge is 0.383 e. The van der Waals surface area contributed by atoms with Crippen molar-refractivity contribution in [2.24, 2.45) is 0 Å². The van der Waals surface area contributed by atoms with Crippen LogP contribution in [0.4, 0.5) is 10.2 Å². The Bertz CT molecular complexity index is 567. The number of halogens is 1. The van der Waals surface area contributed by atoms with Crippen molar-refractivity contribution in [1.82, 2.24) is 9.97 Å². The number of aromatic nitrogens is 2. The van der Waals surface area contributed by atoms with Crippen LogP contribution in [0.25, 0.3) is 11.3 Å². The van der Waals surface area contributed by atoms with Gasteiger partial charge in [0.2, 0.25) is 0 Å². The molecular formula is C12H10FN3S. The summed E-state index contributed by atoms with van der Waals surface area (Å²) in [7, 11) is 0. The zero-order chi connectivity index (χ0) is 12.4. The molecule has 0 saturated carbocycles. The molecule has 0 radical (unpaired) electrons. The van der Waals surface area contributed by atoms with Crippen LogP contribution in [-0.2, 0) is 0 Å². The second-order valence-corrected chi connectivity index (χ2v) is 3.78. The third-order valence-electron chi connectivity index (χ3n) is 2.32. The fraction of sp³-hybridized carbons (Fsp3) is 0.0833. The third-order valence-corrected chi connectivity index (χ3v) is 2.56. The SMILES string of the molecule is Cc1nc(N)c(C=S)c(-c2ccc(F)cc2)n1. The number of hydrogen-bond acceptors (Lipinski definition) is 4. The van der Waals surface area contributed by atoms with E-state index in [-0.39, 0.29) is 5.82 Å². The van der Waals surface area contributed by atoms with Crippen LogP contribution in [0.2, 0.25) is 0 Å². The van der Waals surface area contributed by atoms with E-state index in [2.05, 4.69) is 9.97 Å². The maximum atomic E-state index is 12.9. The second kappa shape index (κ2) is 4.55. The number of hydrogen-bond donors (Lipinski definition) is 1. The number of benzene rings is 1. The van der Waals surface area contributed by atoms with Gasteiger partial charge in [-0.25, -0.2) is 14.4 Å². The first-order valence-corrected chi connectivity index (χ1v) is 5.44. The average Bonchev–Trinajstić information content (AvgIpc) is 2.29. The minimum atomic E-state index is -0.295. The predicted octanol–water partition coefficient (Wildman–Crippen LogP) is 2.52. The molecule has 0 saturated heterocycles. The van der Waals surface area contributed by atoms with Crippen molar-refractivity contribution in [1.29, 1.82) is 0 Å². The average molecular weight is 247 g/mol. The van der Waals surface area contributed by atoms with Crippen LogP contribution in [-0.4, -0.2) is 15.3 Å². The molecule has 0 unspecified atom stereocenters. The monoisotopic (exact) mass is 247 g/mol. The Hall–Kier alpha value is -1.88. The van der Waals surface area contributed by atoms with E-state index in [4.69, 9.17) is 18.0 Å². The van der Waals surface area contributed by atoms with Gasteiger partial charge in [0.25, 0.3) is 0 Å². The van der Waals surface area contributed by atoms with Crippen LogP contribution < -0.4 is 5.73 Å². The quantitative estimate of drug-likeness (QED) is 0.828. The Morgan fingerprint density at radius 3 is 2.47 bits per heavy atom. The molecule has 1 aromatic carbocycles. The third kappa shape index (κ3) is 2.29. The van der Waals surface area contributed by atoms with Gasteiger partial charge < -0.3 is 5.73 Å². The molecule has 1 heterocycles. The number of aryl methyl sites for hydroxylation is 1. The van der Waals surface area contributed by atoms with Crippen LogP contribution in [0, 0.1) is 12.7 Å². The number of nitrogens with two attached hydrogens (primary N) is 1. The number of rotatable bonds is 2. The highest BCUT2D eigenvalue weighted by Crippen LogP contribution is 2.24. The zero-order valence-electron chi connectivity index (χ0n) is 9.14. The Kier molecular flexibility index (Phi) is 3.10. The summed E-state index contributed by atoms with van der Waals surface area (Å²) in [6.45, 7) is 1.75. The van der Waals surface area contributed by atoms with Gasteiger partial charge in [-0.05, 0) is 31.2 Å². The summed E-state index contributed by atoms with van der Waals surface area (Å²) >= 11 is 4.90. The van der Waals surface area contributed by atoms with Crippen LogP contribution in [0.1, 0.15) is 11.4 Å². The molecule has 0 aliphatic heterocycles. The van der Waals surface area contributed by atoms with E-state index in [1.54, 1.807) is 19.1 Å². The van der Waals surface area contributed by atoms with Crippen LogP contribution in [0.15, 0.2) is 24.3 Å². The first-order chi connectivity index (χ1) is 8.11. The molecule has 0 aliphatic carbocycles. The van der Waals surface area contributed by atoms with Crippen LogP contribution in [0.3, 0.4) is 0 Å². The predicted molar refractivity (Wildman–Crippen MR) is 69.3 cm³/mol. The molecule has 0 fully saturated rings. The van der Waals surface area contributed by atoms with Crippen molar-refractivity contribution >= 4 is 23.4 Å². The molecule has 86 valence electrons. The highest BCUT2D eigenvalue weighted by atomic mass is 32.1. The van der Waals surface area contributed by atoms with E-state index in [1.807, 2.05) is 0 Å². The van der Waals surface area contributed by atoms with E-state index in [0.717, 1.165) is 5.56 Å². The van der Waals surface area contributed by atoms with E-state index in [1.165, 1.54) is 17.5 Å². The molecule has 0 atom stereocenters. The second-order valence-electron chi connectivity index (χ2n) is 3.54. The molecule has 2 N–H and O–H groups in total. The van der Waals surface area contributed by atoms with Crippen LogP contribution in [0.5, 0.6) is 0 Å². The summed E-state index contributed by atoms with van der Waals surface area (Å²) in [4.78, 5) is 8.34. The first kappa shape index (κ1) is 11.6. The molecule has 3 nitrogen and oxygen atoms in total. The molecule has 0 amide bonds. The molecule has 1 aromatic heterocycles. The Labute approximate surface area is 104 Å². The van der Waals surface area contributed by atoms with Gasteiger partial charge in [-0.3, -0.25) is 0 Å². The first-order valence-electron chi connectivity index (χ1n) is 4.97.